The van der Waals surface area contributed by atoms with Gasteiger partial charge in [0, 0.05) is 32.5 Å². The van der Waals surface area contributed by atoms with Crippen molar-refractivity contribution in [2.24, 2.45) is 0 Å². The van der Waals surface area contributed by atoms with Crippen LogP contribution < -0.4 is 11.2 Å². The normalized spacial score (nSPS) is 21.9. The fourth-order valence-corrected chi connectivity index (χ4v) is 4.03. The van der Waals surface area contributed by atoms with E-state index < -0.39 is 36.8 Å². The SMILES string of the molecule is COC(=O)C(O[C@@H]1CC[C@H](n2ccc(=O)[nH]c2=O)C1)P(=O)(OC)OC. The molecule has 1 aromatic heterocycles. The zero-order valence-corrected chi connectivity index (χ0v) is 15.1. The molecule has 1 aromatic rings. The van der Waals surface area contributed by atoms with Crippen molar-refractivity contribution in [3.8, 4) is 0 Å². The summed E-state index contributed by atoms with van der Waals surface area (Å²) >= 11 is 0. The smallest absolute Gasteiger partial charge is 0.370 e. The van der Waals surface area contributed by atoms with E-state index in [4.69, 9.17) is 13.8 Å². The number of hydrogen-bond donors (Lipinski definition) is 1. The van der Waals surface area contributed by atoms with E-state index in [2.05, 4.69) is 9.72 Å². The summed E-state index contributed by atoms with van der Waals surface area (Å²) in [5.41, 5.74) is -0.985. The molecule has 25 heavy (non-hydrogen) atoms. The number of ether oxygens (including phenoxy) is 2. The Labute approximate surface area is 143 Å². The number of hydrogen-bond acceptors (Lipinski definition) is 8. The van der Waals surface area contributed by atoms with Gasteiger partial charge in [-0.05, 0) is 19.3 Å². The predicted octanol–water partition coefficient (Wildman–Crippen LogP) is 0.632. The van der Waals surface area contributed by atoms with E-state index in [1.54, 1.807) is 0 Å². The molecule has 10 nitrogen and oxygen atoms in total. The van der Waals surface area contributed by atoms with Crippen LogP contribution in [0.15, 0.2) is 21.9 Å². The summed E-state index contributed by atoms with van der Waals surface area (Å²) in [5.74, 6) is -2.37. The average molecular weight is 376 g/mol. The van der Waals surface area contributed by atoms with E-state index >= 15 is 0 Å². The molecule has 2 rings (SSSR count). The van der Waals surface area contributed by atoms with E-state index in [0.717, 1.165) is 21.3 Å². The Hall–Kier alpha value is -1.74. The second kappa shape index (κ2) is 8.09. The van der Waals surface area contributed by atoms with Crippen LogP contribution in [0.4, 0.5) is 0 Å². The second-order valence-corrected chi connectivity index (χ2v) is 7.80. The monoisotopic (exact) mass is 376 g/mol. The number of H-pyrrole nitrogens is 1. The third-order valence-corrected chi connectivity index (χ3v) is 6.05. The number of carbonyl (C=O) groups is 1. The molecule has 1 saturated carbocycles. The molecule has 0 radical (unpaired) electrons. The first-order chi connectivity index (χ1) is 11.8. The summed E-state index contributed by atoms with van der Waals surface area (Å²) in [6.07, 6.45) is 2.48. The van der Waals surface area contributed by atoms with Gasteiger partial charge in [0.25, 0.3) is 11.4 Å². The van der Waals surface area contributed by atoms with Gasteiger partial charge < -0.3 is 18.5 Å². The maximum absolute atomic E-state index is 12.5. The molecule has 0 bridgehead atoms. The fourth-order valence-electron chi connectivity index (χ4n) is 2.82. The van der Waals surface area contributed by atoms with Crippen LogP contribution in [-0.4, -0.2) is 48.8 Å². The minimum absolute atomic E-state index is 0.211. The van der Waals surface area contributed by atoms with Crippen LogP contribution in [0.1, 0.15) is 25.3 Å². The first-order valence-corrected chi connectivity index (χ1v) is 9.21. The third kappa shape index (κ3) is 4.27. The number of aromatic nitrogens is 2. The summed E-state index contributed by atoms with van der Waals surface area (Å²) in [7, 11) is -0.385. The van der Waals surface area contributed by atoms with Gasteiger partial charge in [0.1, 0.15) is 0 Å². The highest BCUT2D eigenvalue weighted by Gasteiger charge is 2.45. The molecule has 0 aliphatic heterocycles. The summed E-state index contributed by atoms with van der Waals surface area (Å²) < 4.78 is 33.9. The van der Waals surface area contributed by atoms with Crippen molar-refractivity contribution in [3.05, 3.63) is 33.1 Å². The fraction of sp³-hybridized carbons (Fsp3) is 0.643. The molecule has 0 spiro atoms. The zero-order valence-electron chi connectivity index (χ0n) is 14.2. The Bertz CT molecular complexity index is 765. The van der Waals surface area contributed by atoms with Crippen molar-refractivity contribution in [1.82, 2.24) is 9.55 Å². The second-order valence-electron chi connectivity index (χ2n) is 5.52. The third-order valence-electron chi connectivity index (χ3n) is 4.12. The Balaban J connectivity index is 2.14. The molecule has 1 aliphatic carbocycles. The van der Waals surface area contributed by atoms with Crippen molar-refractivity contribution in [3.63, 3.8) is 0 Å². The zero-order chi connectivity index (χ0) is 18.6. The van der Waals surface area contributed by atoms with Crippen LogP contribution in [-0.2, 0) is 27.9 Å². The van der Waals surface area contributed by atoms with E-state index in [9.17, 15) is 18.9 Å². The van der Waals surface area contributed by atoms with Gasteiger partial charge in [-0.15, -0.1) is 0 Å². The lowest BCUT2D eigenvalue weighted by molar-refractivity contribution is -0.152. The van der Waals surface area contributed by atoms with E-state index in [0.29, 0.717) is 19.3 Å². The van der Waals surface area contributed by atoms with Gasteiger partial charge in [0.2, 0.25) is 0 Å². The minimum atomic E-state index is -3.84. The molecule has 1 unspecified atom stereocenters. The number of nitrogens with one attached hydrogen (secondary N) is 1. The molecule has 140 valence electrons. The van der Waals surface area contributed by atoms with Gasteiger partial charge in [0.15, 0.2) is 0 Å². The number of carbonyl (C=O) groups excluding carboxylic acids is 1. The van der Waals surface area contributed by atoms with Gasteiger partial charge in [-0.3, -0.25) is 18.9 Å². The number of nitrogens with zero attached hydrogens (tertiary/aromatic N) is 1. The largest absolute Gasteiger partial charge is 0.467 e. The molecular formula is C14H21N2O8P. The lowest BCUT2D eigenvalue weighted by Gasteiger charge is -2.25. The number of aromatic amines is 1. The molecule has 0 aromatic carbocycles. The van der Waals surface area contributed by atoms with Crippen LogP contribution in [0.3, 0.4) is 0 Å². The number of esters is 1. The van der Waals surface area contributed by atoms with Crippen molar-refractivity contribution < 1.29 is 27.9 Å². The predicted molar refractivity (Wildman–Crippen MR) is 86.5 cm³/mol. The van der Waals surface area contributed by atoms with Crippen molar-refractivity contribution in [2.45, 2.75) is 37.3 Å². The maximum atomic E-state index is 12.5. The molecule has 0 saturated heterocycles. The Morgan fingerprint density at radius 2 is 1.96 bits per heavy atom. The van der Waals surface area contributed by atoms with Crippen molar-refractivity contribution in [2.75, 3.05) is 21.3 Å². The van der Waals surface area contributed by atoms with Crippen LogP contribution >= 0.6 is 7.60 Å². The Morgan fingerprint density at radius 3 is 2.52 bits per heavy atom. The highest BCUT2D eigenvalue weighted by Crippen LogP contribution is 2.53. The van der Waals surface area contributed by atoms with Gasteiger partial charge in [0.05, 0.1) is 13.2 Å². The van der Waals surface area contributed by atoms with Crippen LogP contribution in [0.5, 0.6) is 0 Å². The van der Waals surface area contributed by atoms with Crippen LogP contribution in [0.25, 0.3) is 0 Å². The molecule has 1 fully saturated rings. The Morgan fingerprint density at radius 1 is 1.28 bits per heavy atom. The topological polar surface area (TPSA) is 126 Å². The van der Waals surface area contributed by atoms with Gasteiger partial charge in [-0.25, -0.2) is 9.59 Å². The molecule has 1 heterocycles. The lowest BCUT2D eigenvalue weighted by atomic mass is 10.2. The standard InChI is InChI=1S/C14H21N2O8P/c1-21-12(18)13(25(20,22-2)23-3)24-10-5-4-9(8-10)16-7-6-11(17)15-14(16)19/h6-7,9-10,13H,4-5,8H2,1-3H3,(H,15,17,19)/t9-,10+,13?/m0/s1. The summed E-state index contributed by atoms with van der Waals surface area (Å²) in [5, 5.41) is 0. The summed E-state index contributed by atoms with van der Waals surface area (Å²) in [6.45, 7) is 0. The average Bonchev–Trinajstić information content (AvgIpc) is 3.06. The van der Waals surface area contributed by atoms with Crippen molar-refractivity contribution in [1.29, 1.82) is 0 Å². The van der Waals surface area contributed by atoms with E-state index in [1.807, 2.05) is 0 Å². The highest BCUT2D eigenvalue weighted by atomic mass is 31.2. The van der Waals surface area contributed by atoms with Gasteiger partial charge in [-0.1, -0.05) is 0 Å². The van der Waals surface area contributed by atoms with Gasteiger partial charge in [-0.2, -0.15) is 0 Å². The number of rotatable bonds is 7. The minimum Gasteiger partial charge on any atom is -0.467 e. The van der Waals surface area contributed by atoms with E-state index in [1.165, 1.54) is 16.8 Å². The molecule has 0 amide bonds. The summed E-state index contributed by atoms with van der Waals surface area (Å²) in [4.78, 5) is 37.1. The molecule has 3 atom stereocenters. The van der Waals surface area contributed by atoms with Crippen molar-refractivity contribution >= 4 is 13.6 Å². The first kappa shape index (κ1) is 19.6. The molecule has 1 aliphatic rings. The molecule has 11 heteroatoms. The van der Waals surface area contributed by atoms with Crippen LogP contribution in [0.2, 0.25) is 0 Å². The lowest BCUT2D eigenvalue weighted by Crippen LogP contribution is -2.32. The highest BCUT2D eigenvalue weighted by molar-refractivity contribution is 7.55. The van der Waals surface area contributed by atoms with Gasteiger partial charge >= 0.3 is 19.3 Å². The first-order valence-electron chi connectivity index (χ1n) is 7.60. The molecular weight excluding hydrogens is 355 g/mol. The molecule has 1 N–H and O–H groups in total. The number of methoxy groups -OCH3 is 1. The summed E-state index contributed by atoms with van der Waals surface area (Å²) in [6, 6.07) is 1.05. The quantitative estimate of drug-likeness (QED) is 0.542. The Kier molecular flexibility index (Phi) is 6.34. The van der Waals surface area contributed by atoms with E-state index in [-0.39, 0.29) is 6.04 Å². The maximum Gasteiger partial charge on any atom is 0.370 e. The van der Waals surface area contributed by atoms with Crippen LogP contribution in [0, 0.1) is 0 Å².